The molecule has 0 aliphatic rings. The van der Waals surface area contributed by atoms with Gasteiger partial charge >= 0.3 is 5.97 Å². The summed E-state index contributed by atoms with van der Waals surface area (Å²) in [6.45, 7) is 2.16. The number of hydrogen-bond donors (Lipinski definition) is 0. The van der Waals surface area contributed by atoms with Gasteiger partial charge in [0.05, 0.1) is 11.3 Å². The van der Waals surface area contributed by atoms with E-state index in [1.54, 1.807) is 30.5 Å². The van der Waals surface area contributed by atoms with Gasteiger partial charge in [-0.3, -0.25) is 0 Å². The molecule has 0 unspecified atom stereocenters. The van der Waals surface area contributed by atoms with E-state index in [0.717, 1.165) is 10.1 Å². The lowest BCUT2D eigenvalue weighted by Gasteiger charge is -1.99. The lowest BCUT2D eigenvalue weighted by atomic mass is 10.3. The summed E-state index contributed by atoms with van der Waals surface area (Å²) in [6, 6.07) is 3.72. The highest BCUT2D eigenvalue weighted by Gasteiger charge is 2.08. The van der Waals surface area contributed by atoms with Gasteiger partial charge < -0.3 is 4.74 Å². The van der Waals surface area contributed by atoms with Crippen molar-refractivity contribution in [3.8, 4) is 0 Å². The molecule has 72 valence electrons. The Kier molecular flexibility index (Phi) is 2.45. The van der Waals surface area contributed by atoms with Crippen LogP contribution in [0.1, 0.15) is 17.4 Å². The predicted molar refractivity (Wildman–Crippen MR) is 55.6 cm³/mol. The maximum atomic E-state index is 11.3. The number of esters is 1. The summed E-state index contributed by atoms with van der Waals surface area (Å²) in [7, 11) is 0. The first kappa shape index (κ1) is 9.15. The molecule has 0 N–H and O–H groups in total. The molecule has 0 aliphatic carbocycles. The normalized spacial score (nSPS) is 10.4. The molecular formula is C10H9NO2S. The molecule has 2 rings (SSSR count). The first-order valence-electron chi connectivity index (χ1n) is 4.31. The van der Waals surface area contributed by atoms with Crippen LogP contribution in [0.15, 0.2) is 23.7 Å². The Morgan fingerprint density at radius 3 is 3.29 bits per heavy atom. The predicted octanol–water partition coefficient (Wildman–Crippen LogP) is 2.47. The minimum atomic E-state index is -0.361. The van der Waals surface area contributed by atoms with Gasteiger partial charge in [-0.05, 0) is 29.8 Å². The molecule has 0 bridgehead atoms. The van der Waals surface area contributed by atoms with Crippen LogP contribution in [0.5, 0.6) is 0 Å². The minimum Gasteiger partial charge on any atom is -0.461 e. The molecule has 0 saturated heterocycles. The van der Waals surface area contributed by atoms with Crippen LogP contribution in [-0.4, -0.2) is 17.6 Å². The molecule has 0 atom stereocenters. The fraction of sp³-hybridized carbons (Fsp3) is 0.200. The lowest BCUT2D eigenvalue weighted by molar-refractivity contribution is 0.0520. The van der Waals surface area contributed by atoms with Crippen LogP contribution >= 0.6 is 11.3 Å². The Balaban J connectivity index is 2.38. The van der Waals surface area contributed by atoms with Crippen molar-refractivity contribution in [2.45, 2.75) is 6.92 Å². The van der Waals surface area contributed by atoms with Crippen LogP contribution in [0.2, 0.25) is 0 Å². The lowest BCUT2D eigenvalue weighted by Crippen LogP contribution is -2.06. The summed E-state index contributed by atoms with van der Waals surface area (Å²) < 4.78 is 5.94. The van der Waals surface area contributed by atoms with Crippen molar-refractivity contribution < 1.29 is 9.53 Å². The fourth-order valence-electron chi connectivity index (χ4n) is 1.18. The smallest absolute Gasteiger partial charge is 0.356 e. The van der Waals surface area contributed by atoms with Gasteiger partial charge in [-0.15, -0.1) is 11.3 Å². The second kappa shape index (κ2) is 3.75. The highest BCUT2D eigenvalue weighted by Crippen LogP contribution is 2.20. The summed E-state index contributed by atoms with van der Waals surface area (Å²) in [5, 5.41) is 3.01. The molecule has 0 fully saturated rings. The Morgan fingerprint density at radius 1 is 1.64 bits per heavy atom. The molecule has 2 aromatic rings. The summed E-state index contributed by atoms with van der Waals surface area (Å²) in [5.74, 6) is -0.361. The number of aromatic nitrogens is 1. The molecule has 4 heteroatoms. The molecule has 2 heterocycles. The van der Waals surface area contributed by atoms with E-state index >= 15 is 0 Å². The van der Waals surface area contributed by atoms with E-state index in [1.165, 1.54) is 0 Å². The molecule has 0 aromatic carbocycles. The van der Waals surface area contributed by atoms with Gasteiger partial charge in [0.25, 0.3) is 0 Å². The zero-order chi connectivity index (χ0) is 9.97. The Hall–Kier alpha value is -1.42. The van der Waals surface area contributed by atoms with E-state index in [0.29, 0.717) is 12.3 Å². The van der Waals surface area contributed by atoms with Crippen molar-refractivity contribution in [1.29, 1.82) is 0 Å². The molecule has 0 spiro atoms. The van der Waals surface area contributed by atoms with Crippen LogP contribution in [0.25, 0.3) is 10.1 Å². The highest BCUT2D eigenvalue weighted by molar-refractivity contribution is 7.17. The van der Waals surface area contributed by atoms with E-state index < -0.39 is 0 Å². The zero-order valence-electron chi connectivity index (χ0n) is 7.69. The first-order valence-corrected chi connectivity index (χ1v) is 5.19. The van der Waals surface area contributed by atoms with Gasteiger partial charge in [-0.25, -0.2) is 9.78 Å². The van der Waals surface area contributed by atoms with Gasteiger partial charge in [0, 0.05) is 6.20 Å². The van der Waals surface area contributed by atoms with Crippen LogP contribution < -0.4 is 0 Å². The molecule has 14 heavy (non-hydrogen) atoms. The number of thiophene rings is 1. The molecule has 0 radical (unpaired) electrons. The number of carbonyl (C=O) groups is 1. The fourth-order valence-corrected chi connectivity index (χ4v) is 1.92. The maximum absolute atomic E-state index is 11.3. The molecule has 0 saturated carbocycles. The van der Waals surface area contributed by atoms with E-state index in [9.17, 15) is 4.79 Å². The number of nitrogens with zero attached hydrogens (tertiary/aromatic N) is 1. The largest absolute Gasteiger partial charge is 0.461 e. The second-order valence-electron chi connectivity index (χ2n) is 2.75. The summed E-state index contributed by atoms with van der Waals surface area (Å²) in [4.78, 5) is 15.4. The Bertz CT molecular complexity index is 464. The standard InChI is InChI=1S/C10H9NO2S/c1-2-13-10(12)8-5-7-3-4-14-9(7)6-11-8/h3-6H,2H2,1H3. The average molecular weight is 207 g/mol. The molecule has 0 amide bonds. The number of pyridine rings is 1. The highest BCUT2D eigenvalue weighted by atomic mass is 32.1. The van der Waals surface area contributed by atoms with Crippen molar-refractivity contribution in [2.24, 2.45) is 0 Å². The Labute approximate surface area is 85.3 Å². The molecule has 0 aliphatic heterocycles. The molecular weight excluding hydrogens is 198 g/mol. The number of hydrogen-bond acceptors (Lipinski definition) is 4. The van der Waals surface area contributed by atoms with Gasteiger partial charge in [-0.2, -0.15) is 0 Å². The second-order valence-corrected chi connectivity index (χ2v) is 3.70. The van der Waals surface area contributed by atoms with Crippen molar-refractivity contribution in [2.75, 3.05) is 6.61 Å². The van der Waals surface area contributed by atoms with Gasteiger partial charge in [0.1, 0.15) is 5.69 Å². The van der Waals surface area contributed by atoms with Crippen molar-refractivity contribution in [3.05, 3.63) is 29.4 Å². The van der Waals surface area contributed by atoms with Crippen LogP contribution in [0.4, 0.5) is 0 Å². The average Bonchev–Trinajstić information content (AvgIpc) is 2.64. The number of rotatable bonds is 2. The quantitative estimate of drug-likeness (QED) is 0.710. The zero-order valence-corrected chi connectivity index (χ0v) is 8.50. The summed E-state index contributed by atoms with van der Waals surface area (Å²) in [6.07, 6.45) is 1.70. The number of fused-ring (bicyclic) bond motifs is 1. The van der Waals surface area contributed by atoms with Crippen molar-refractivity contribution in [3.63, 3.8) is 0 Å². The van der Waals surface area contributed by atoms with Gasteiger partial charge in [0.2, 0.25) is 0 Å². The monoisotopic (exact) mass is 207 g/mol. The van der Waals surface area contributed by atoms with E-state index in [4.69, 9.17) is 4.74 Å². The van der Waals surface area contributed by atoms with Crippen molar-refractivity contribution >= 4 is 27.4 Å². The third kappa shape index (κ3) is 1.61. The van der Waals surface area contributed by atoms with Crippen molar-refractivity contribution in [1.82, 2.24) is 4.98 Å². The maximum Gasteiger partial charge on any atom is 0.356 e. The number of ether oxygens (including phenoxy) is 1. The van der Waals surface area contributed by atoms with Crippen LogP contribution in [0.3, 0.4) is 0 Å². The SMILES string of the molecule is CCOC(=O)c1cc2ccsc2cn1. The number of carbonyl (C=O) groups excluding carboxylic acids is 1. The Morgan fingerprint density at radius 2 is 2.50 bits per heavy atom. The third-order valence-electron chi connectivity index (χ3n) is 1.82. The van der Waals surface area contributed by atoms with E-state index in [-0.39, 0.29) is 5.97 Å². The van der Waals surface area contributed by atoms with Crippen LogP contribution in [0, 0.1) is 0 Å². The van der Waals surface area contributed by atoms with Gasteiger partial charge in [0.15, 0.2) is 0 Å². The third-order valence-corrected chi connectivity index (χ3v) is 2.69. The van der Waals surface area contributed by atoms with Gasteiger partial charge in [-0.1, -0.05) is 0 Å². The minimum absolute atomic E-state index is 0.361. The van der Waals surface area contributed by atoms with Crippen LogP contribution in [-0.2, 0) is 4.74 Å². The van der Waals surface area contributed by atoms with E-state index in [2.05, 4.69) is 4.98 Å². The summed E-state index contributed by atoms with van der Waals surface area (Å²) in [5.41, 5.74) is 0.373. The first-order chi connectivity index (χ1) is 6.81. The topological polar surface area (TPSA) is 39.2 Å². The molecule has 2 aromatic heterocycles. The summed E-state index contributed by atoms with van der Waals surface area (Å²) >= 11 is 1.61. The molecule has 3 nitrogen and oxygen atoms in total. The van der Waals surface area contributed by atoms with E-state index in [1.807, 2.05) is 11.4 Å².